The van der Waals surface area contributed by atoms with E-state index >= 15 is 0 Å². The lowest BCUT2D eigenvalue weighted by Gasteiger charge is -2.38. The first-order valence-corrected chi connectivity index (χ1v) is 5.31. The molecular weight excluding hydrogens is 278 g/mol. The van der Waals surface area contributed by atoms with Gasteiger partial charge in [-0.05, 0) is 20.3 Å². The van der Waals surface area contributed by atoms with Crippen molar-refractivity contribution in [2.24, 2.45) is 5.41 Å². The van der Waals surface area contributed by atoms with Crippen LogP contribution in [0.15, 0.2) is 12.2 Å². The van der Waals surface area contributed by atoms with Gasteiger partial charge in [-0.15, -0.1) is 0 Å². The quantitative estimate of drug-likeness (QED) is 0.444. The highest BCUT2D eigenvalue weighted by atomic mass is 19.4. The van der Waals surface area contributed by atoms with E-state index in [-0.39, 0.29) is 18.9 Å². The number of esters is 1. The molecule has 0 fully saturated rings. The molecule has 19 heavy (non-hydrogen) atoms. The molecule has 0 saturated carbocycles. The smallest absolute Gasteiger partial charge is 0.406 e. The highest BCUT2D eigenvalue weighted by molar-refractivity contribution is 5.87. The largest absolute Gasteiger partial charge is 0.458 e. The molecular formula is C11H14F6O2. The fraction of sp³-hybridized carbons (Fsp3) is 0.727. The second-order valence-corrected chi connectivity index (χ2v) is 4.20. The standard InChI is InChI=1S/C11H14F6O2/c1-5-6(2)8(18)19-7(3)9(4,10(12,13)14)11(15,16)17/h7H,2,5H2,1,3-4H3. The molecule has 1 atom stereocenters. The zero-order valence-corrected chi connectivity index (χ0v) is 10.6. The average molecular weight is 292 g/mol. The highest BCUT2D eigenvalue weighted by Gasteiger charge is 2.71. The molecule has 0 heterocycles. The zero-order valence-electron chi connectivity index (χ0n) is 10.6. The molecule has 2 nitrogen and oxygen atoms in total. The van der Waals surface area contributed by atoms with Crippen LogP contribution in [0.4, 0.5) is 26.3 Å². The summed E-state index contributed by atoms with van der Waals surface area (Å²) >= 11 is 0. The van der Waals surface area contributed by atoms with Crippen LogP contribution in [0.5, 0.6) is 0 Å². The Morgan fingerprint density at radius 2 is 1.53 bits per heavy atom. The maximum absolute atomic E-state index is 12.7. The number of hydrogen-bond donors (Lipinski definition) is 0. The second kappa shape index (κ2) is 5.42. The van der Waals surface area contributed by atoms with Gasteiger partial charge < -0.3 is 4.74 Å². The molecule has 112 valence electrons. The van der Waals surface area contributed by atoms with Gasteiger partial charge >= 0.3 is 18.3 Å². The molecule has 0 aliphatic heterocycles. The molecule has 0 spiro atoms. The first-order chi connectivity index (χ1) is 8.29. The van der Waals surface area contributed by atoms with Crippen LogP contribution in [0.3, 0.4) is 0 Å². The molecule has 0 bridgehead atoms. The fourth-order valence-corrected chi connectivity index (χ4v) is 1.13. The van der Waals surface area contributed by atoms with Crippen molar-refractivity contribution >= 4 is 5.97 Å². The number of alkyl halides is 6. The van der Waals surface area contributed by atoms with Crippen LogP contribution in [0.1, 0.15) is 27.2 Å². The number of carbonyl (C=O) groups excluding carboxylic acids is 1. The molecule has 0 radical (unpaired) electrons. The van der Waals surface area contributed by atoms with Gasteiger partial charge in [0.1, 0.15) is 6.10 Å². The Morgan fingerprint density at radius 3 is 1.79 bits per heavy atom. The number of hydrogen-bond acceptors (Lipinski definition) is 2. The van der Waals surface area contributed by atoms with Gasteiger partial charge in [0.25, 0.3) is 0 Å². The minimum atomic E-state index is -5.60. The van der Waals surface area contributed by atoms with Crippen molar-refractivity contribution in [3.63, 3.8) is 0 Å². The molecule has 0 aromatic heterocycles. The summed E-state index contributed by atoms with van der Waals surface area (Å²) in [7, 11) is 0. The van der Waals surface area contributed by atoms with Crippen LogP contribution in [-0.4, -0.2) is 24.4 Å². The third kappa shape index (κ3) is 3.42. The summed E-state index contributed by atoms with van der Waals surface area (Å²) in [5, 5.41) is 0. The average Bonchev–Trinajstić information content (AvgIpc) is 2.23. The topological polar surface area (TPSA) is 26.3 Å². The van der Waals surface area contributed by atoms with E-state index in [0.29, 0.717) is 6.92 Å². The van der Waals surface area contributed by atoms with Gasteiger partial charge in [-0.2, -0.15) is 26.3 Å². The van der Waals surface area contributed by atoms with Gasteiger partial charge in [-0.25, -0.2) is 4.79 Å². The van der Waals surface area contributed by atoms with E-state index in [1.165, 1.54) is 6.92 Å². The summed E-state index contributed by atoms with van der Waals surface area (Å²) in [5.41, 5.74) is -4.33. The molecule has 0 aromatic carbocycles. The number of ether oxygens (including phenoxy) is 1. The molecule has 0 aliphatic rings. The number of carbonyl (C=O) groups is 1. The SMILES string of the molecule is C=C(CC)C(=O)OC(C)C(C)(C(F)(F)F)C(F)(F)F. The molecule has 0 aromatic rings. The lowest BCUT2D eigenvalue weighted by Crippen LogP contribution is -2.55. The third-order valence-electron chi connectivity index (χ3n) is 2.99. The molecule has 0 N–H and O–H groups in total. The van der Waals surface area contributed by atoms with Crippen LogP contribution < -0.4 is 0 Å². The van der Waals surface area contributed by atoms with E-state index in [0.717, 1.165) is 0 Å². The van der Waals surface area contributed by atoms with Crippen LogP contribution in [0.2, 0.25) is 0 Å². The van der Waals surface area contributed by atoms with Gasteiger partial charge in [-0.3, -0.25) is 0 Å². The maximum atomic E-state index is 12.7. The Hall–Kier alpha value is -1.21. The number of rotatable bonds is 4. The molecule has 0 aliphatic carbocycles. The highest BCUT2D eigenvalue weighted by Crippen LogP contribution is 2.53. The van der Waals surface area contributed by atoms with Crippen LogP contribution in [0, 0.1) is 5.41 Å². The Morgan fingerprint density at radius 1 is 1.16 bits per heavy atom. The van der Waals surface area contributed by atoms with Crippen LogP contribution >= 0.6 is 0 Å². The summed E-state index contributed by atoms with van der Waals surface area (Å²) in [4.78, 5) is 11.2. The van der Waals surface area contributed by atoms with Gasteiger partial charge in [0.2, 0.25) is 0 Å². The second-order valence-electron chi connectivity index (χ2n) is 4.20. The predicted molar refractivity (Wildman–Crippen MR) is 55.2 cm³/mol. The normalized spacial score (nSPS) is 15.0. The van der Waals surface area contributed by atoms with E-state index in [9.17, 15) is 31.1 Å². The lowest BCUT2D eigenvalue weighted by atomic mass is 9.83. The lowest BCUT2D eigenvalue weighted by molar-refractivity contribution is -0.357. The molecule has 1 unspecified atom stereocenters. The summed E-state index contributed by atoms with van der Waals surface area (Å²) in [5.74, 6) is -1.27. The Kier molecular flexibility index (Phi) is 5.08. The van der Waals surface area contributed by atoms with Crippen molar-refractivity contribution in [2.45, 2.75) is 45.6 Å². The van der Waals surface area contributed by atoms with Crippen molar-refractivity contribution in [3.05, 3.63) is 12.2 Å². The van der Waals surface area contributed by atoms with E-state index in [2.05, 4.69) is 11.3 Å². The van der Waals surface area contributed by atoms with E-state index < -0.39 is 29.8 Å². The number of halogens is 6. The van der Waals surface area contributed by atoms with Gasteiger partial charge in [0.15, 0.2) is 5.41 Å². The van der Waals surface area contributed by atoms with Crippen molar-refractivity contribution in [1.29, 1.82) is 0 Å². The minimum Gasteiger partial charge on any atom is -0.458 e. The van der Waals surface area contributed by atoms with E-state index in [4.69, 9.17) is 0 Å². The Balaban J connectivity index is 5.34. The molecule has 8 heteroatoms. The van der Waals surface area contributed by atoms with Crippen molar-refractivity contribution in [3.8, 4) is 0 Å². The van der Waals surface area contributed by atoms with Crippen LogP contribution in [0.25, 0.3) is 0 Å². The van der Waals surface area contributed by atoms with Crippen molar-refractivity contribution < 1.29 is 35.9 Å². The summed E-state index contributed by atoms with van der Waals surface area (Å²) in [6, 6.07) is 0. The Bertz CT molecular complexity index is 341. The van der Waals surface area contributed by atoms with E-state index in [1.807, 2.05) is 0 Å². The summed E-state index contributed by atoms with van der Waals surface area (Å²) in [6.07, 6.45) is -13.5. The van der Waals surface area contributed by atoms with Gasteiger partial charge in [-0.1, -0.05) is 13.5 Å². The molecule has 0 rings (SSSR count). The molecule has 0 saturated heterocycles. The van der Waals surface area contributed by atoms with Crippen molar-refractivity contribution in [2.75, 3.05) is 0 Å². The summed E-state index contributed by atoms with van der Waals surface area (Å²) < 4.78 is 80.1. The fourth-order valence-electron chi connectivity index (χ4n) is 1.13. The van der Waals surface area contributed by atoms with E-state index in [1.54, 1.807) is 0 Å². The predicted octanol–water partition coefficient (Wildman–Crippen LogP) is 4.02. The van der Waals surface area contributed by atoms with Gasteiger partial charge in [0, 0.05) is 5.57 Å². The van der Waals surface area contributed by atoms with Gasteiger partial charge in [0.05, 0.1) is 0 Å². The first kappa shape index (κ1) is 17.8. The minimum absolute atomic E-state index is 0.0420. The monoisotopic (exact) mass is 292 g/mol. The molecule has 0 amide bonds. The summed E-state index contributed by atoms with van der Waals surface area (Å²) in [6.45, 7) is 5.18. The van der Waals surface area contributed by atoms with Crippen molar-refractivity contribution in [1.82, 2.24) is 0 Å². The van der Waals surface area contributed by atoms with Crippen LogP contribution in [-0.2, 0) is 9.53 Å². The Labute approximate surface area is 106 Å². The first-order valence-electron chi connectivity index (χ1n) is 5.31. The third-order valence-corrected chi connectivity index (χ3v) is 2.99. The zero-order chi connectivity index (χ0) is 15.6. The maximum Gasteiger partial charge on any atom is 0.406 e.